The molecule has 0 unspecified atom stereocenters. The van der Waals surface area contributed by atoms with Crippen molar-refractivity contribution >= 4 is 5.91 Å². The average molecular weight is 393 g/mol. The van der Waals surface area contributed by atoms with Gasteiger partial charge in [-0.1, -0.05) is 36.4 Å². The average Bonchev–Trinajstić information content (AvgIpc) is 2.69. The van der Waals surface area contributed by atoms with Crippen LogP contribution in [0, 0.1) is 0 Å². The quantitative estimate of drug-likeness (QED) is 0.820. The van der Waals surface area contributed by atoms with E-state index in [-0.39, 0.29) is 17.6 Å². The van der Waals surface area contributed by atoms with Crippen LogP contribution in [0.25, 0.3) is 0 Å². The summed E-state index contributed by atoms with van der Waals surface area (Å²) < 4.78 is 44.3. The minimum Gasteiger partial charge on any atom is -0.370 e. The van der Waals surface area contributed by atoms with E-state index in [0.717, 1.165) is 30.8 Å². The lowest BCUT2D eigenvalue weighted by molar-refractivity contribution is -0.940. The molecule has 28 heavy (non-hydrogen) atoms. The molecule has 4 nitrogen and oxygen atoms in total. The summed E-state index contributed by atoms with van der Waals surface area (Å²) in [5, 5.41) is 2.90. The van der Waals surface area contributed by atoms with Crippen molar-refractivity contribution in [2.45, 2.75) is 25.2 Å². The topological polar surface area (TPSA) is 42.8 Å². The van der Waals surface area contributed by atoms with Gasteiger partial charge in [-0.2, -0.15) is 13.2 Å². The first-order valence-electron chi connectivity index (χ1n) is 9.31. The molecule has 1 fully saturated rings. The van der Waals surface area contributed by atoms with Crippen molar-refractivity contribution < 1.29 is 27.6 Å². The van der Waals surface area contributed by atoms with Gasteiger partial charge < -0.3 is 15.0 Å². The lowest BCUT2D eigenvalue weighted by Gasteiger charge is -2.35. The Morgan fingerprint density at radius 1 is 1.07 bits per heavy atom. The van der Waals surface area contributed by atoms with Crippen LogP contribution in [0.1, 0.15) is 34.5 Å². The maximum atomic E-state index is 12.9. The molecule has 2 aromatic carbocycles. The number of nitrogens with one attached hydrogen (secondary N) is 2. The molecular weight excluding hydrogens is 369 g/mol. The minimum atomic E-state index is -4.48. The van der Waals surface area contributed by atoms with Crippen LogP contribution >= 0.6 is 0 Å². The number of amides is 1. The molecule has 7 heteroatoms. The molecule has 1 aliphatic rings. The van der Waals surface area contributed by atoms with Gasteiger partial charge in [-0.25, -0.2) is 0 Å². The molecule has 1 heterocycles. The number of carbonyl (C=O) groups is 1. The molecule has 1 saturated heterocycles. The first-order valence-corrected chi connectivity index (χ1v) is 9.31. The molecule has 1 aliphatic heterocycles. The monoisotopic (exact) mass is 393 g/mol. The van der Waals surface area contributed by atoms with Crippen molar-refractivity contribution in [2.24, 2.45) is 0 Å². The molecule has 2 N–H and O–H groups in total. The summed E-state index contributed by atoms with van der Waals surface area (Å²) >= 11 is 0. The summed E-state index contributed by atoms with van der Waals surface area (Å²) in [6.45, 7) is 4.80. The highest BCUT2D eigenvalue weighted by Crippen LogP contribution is 2.29. The second-order valence-corrected chi connectivity index (χ2v) is 7.00. The van der Waals surface area contributed by atoms with Crippen molar-refractivity contribution in [3.05, 3.63) is 71.3 Å². The van der Waals surface area contributed by atoms with Crippen LogP contribution in [0.15, 0.2) is 54.6 Å². The van der Waals surface area contributed by atoms with Gasteiger partial charge in [0, 0.05) is 11.1 Å². The molecule has 0 aromatic heterocycles. The van der Waals surface area contributed by atoms with E-state index >= 15 is 0 Å². The van der Waals surface area contributed by atoms with Gasteiger partial charge in [0.25, 0.3) is 5.91 Å². The van der Waals surface area contributed by atoms with Crippen LogP contribution in [0.5, 0.6) is 0 Å². The van der Waals surface area contributed by atoms with Crippen LogP contribution < -0.4 is 10.2 Å². The second kappa shape index (κ2) is 8.75. The van der Waals surface area contributed by atoms with Gasteiger partial charge in [0.15, 0.2) is 0 Å². The predicted molar refractivity (Wildman–Crippen MR) is 99.1 cm³/mol. The number of halogens is 3. The number of quaternary nitrogens is 1. The molecule has 0 aliphatic carbocycles. The van der Waals surface area contributed by atoms with Crippen molar-refractivity contribution in [3.63, 3.8) is 0 Å². The number of alkyl halides is 3. The predicted octanol–water partition coefficient (Wildman–Crippen LogP) is 2.48. The summed E-state index contributed by atoms with van der Waals surface area (Å²) in [6, 6.07) is 14.1. The van der Waals surface area contributed by atoms with E-state index < -0.39 is 17.6 Å². The number of rotatable bonds is 5. The Bertz CT molecular complexity index is 790. The van der Waals surface area contributed by atoms with Crippen LogP contribution in [-0.4, -0.2) is 38.3 Å². The largest absolute Gasteiger partial charge is 0.416 e. The molecule has 2 atom stereocenters. The van der Waals surface area contributed by atoms with E-state index in [0.29, 0.717) is 13.2 Å². The smallest absolute Gasteiger partial charge is 0.370 e. The Kier molecular flexibility index (Phi) is 6.36. The summed E-state index contributed by atoms with van der Waals surface area (Å²) in [5.41, 5.74) is 0.257. The number of morpholine rings is 1. The lowest BCUT2D eigenvalue weighted by atomic mass is 9.97. The van der Waals surface area contributed by atoms with Crippen molar-refractivity contribution in [1.82, 2.24) is 5.32 Å². The van der Waals surface area contributed by atoms with Crippen molar-refractivity contribution in [1.29, 1.82) is 0 Å². The summed E-state index contributed by atoms with van der Waals surface area (Å²) in [4.78, 5) is 13.9. The molecule has 0 saturated carbocycles. The van der Waals surface area contributed by atoms with E-state index in [2.05, 4.69) is 5.32 Å². The highest BCUT2D eigenvalue weighted by molar-refractivity contribution is 5.94. The lowest BCUT2D eigenvalue weighted by Crippen LogP contribution is -3.15. The fraction of sp³-hybridized carbons (Fsp3) is 0.381. The highest BCUT2D eigenvalue weighted by Gasteiger charge is 2.33. The maximum Gasteiger partial charge on any atom is 0.416 e. The number of ether oxygens (including phenoxy) is 1. The van der Waals surface area contributed by atoms with Gasteiger partial charge in [0.2, 0.25) is 0 Å². The summed E-state index contributed by atoms with van der Waals surface area (Å²) in [7, 11) is 0. The zero-order chi connectivity index (χ0) is 20.1. The van der Waals surface area contributed by atoms with E-state index in [4.69, 9.17) is 4.74 Å². The molecule has 2 aromatic rings. The number of hydrogen-bond acceptors (Lipinski definition) is 2. The Hall–Kier alpha value is -2.38. The molecule has 3 rings (SSSR count). The second-order valence-electron chi connectivity index (χ2n) is 7.00. The third-order valence-electron chi connectivity index (χ3n) is 5.04. The van der Waals surface area contributed by atoms with E-state index in [1.165, 1.54) is 17.0 Å². The normalized spacial score (nSPS) is 17.7. The SMILES string of the molecule is C[C@H](NC(=O)c1cccc(C(F)(F)F)c1)[C@H](c1ccccc1)[NH+]1CCOCC1. The van der Waals surface area contributed by atoms with Gasteiger partial charge in [-0.3, -0.25) is 4.79 Å². The van der Waals surface area contributed by atoms with Gasteiger partial charge in [-0.05, 0) is 25.1 Å². The molecule has 0 radical (unpaired) electrons. The number of hydrogen-bond donors (Lipinski definition) is 2. The number of benzene rings is 2. The van der Waals surface area contributed by atoms with Gasteiger partial charge in [-0.15, -0.1) is 0 Å². The fourth-order valence-electron chi connectivity index (χ4n) is 3.69. The van der Waals surface area contributed by atoms with Crippen molar-refractivity contribution in [2.75, 3.05) is 26.3 Å². The van der Waals surface area contributed by atoms with Gasteiger partial charge in [0.05, 0.1) is 24.8 Å². The molecule has 150 valence electrons. The zero-order valence-electron chi connectivity index (χ0n) is 15.6. The van der Waals surface area contributed by atoms with Crippen molar-refractivity contribution in [3.8, 4) is 0 Å². The third kappa shape index (κ3) is 4.91. The van der Waals surface area contributed by atoms with E-state index in [9.17, 15) is 18.0 Å². The van der Waals surface area contributed by atoms with E-state index in [1.807, 2.05) is 37.3 Å². The number of carbonyl (C=O) groups excluding carboxylic acids is 1. The summed E-state index contributed by atoms with van der Waals surface area (Å²) in [5.74, 6) is -0.507. The molecule has 0 bridgehead atoms. The van der Waals surface area contributed by atoms with Crippen LogP contribution in [-0.2, 0) is 10.9 Å². The maximum absolute atomic E-state index is 12.9. The first-order chi connectivity index (χ1) is 13.4. The van der Waals surface area contributed by atoms with Gasteiger partial charge in [0.1, 0.15) is 19.1 Å². The van der Waals surface area contributed by atoms with Gasteiger partial charge >= 0.3 is 6.18 Å². The molecule has 1 amide bonds. The first kappa shape index (κ1) is 20.4. The zero-order valence-corrected chi connectivity index (χ0v) is 15.6. The van der Waals surface area contributed by atoms with Crippen LogP contribution in [0.2, 0.25) is 0 Å². The molecular formula is C21H24F3N2O2+. The highest BCUT2D eigenvalue weighted by atomic mass is 19.4. The Morgan fingerprint density at radius 2 is 1.75 bits per heavy atom. The fourth-order valence-corrected chi connectivity index (χ4v) is 3.69. The summed E-state index contributed by atoms with van der Waals surface area (Å²) in [6.07, 6.45) is -4.48. The molecule has 0 spiro atoms. The minimum absolute atomic E-state index is 0.00506. The Labute approximate surface area is 162 Å². The van der Waals surface area contributed by atoms with Crippen LogP contribution in [0.3, 0.4) is 0 Å². The third-order valence-corrected chi connectivity index (χ3v) is 5.04. The van der Waals surface area contributed by atoms with E-state index in [1.54, 1.807) is 0 Å². The Morgan fingerprint density at radius 3 is 2.39 bits per heavy atom. The Balaban J connectivity index is 1.79. The standard InChI is InChI=1S/C21H23F3N2O2/c1-15(25-20(27)17-8-5-9-18(14-17)21(22,23)24)19(16-6-3-2-4-7-16)26-10-12-28-13-11-26/h2-9,14-15,19H,10-13H2,1H3,(H,25,27)/p+1/t15-,19+/m0/s1. The van der Waals surface area contributed by atoms with Crippen LogP contribution in [0.4, 0.5) is 13.2 Å².